The van der Waals surface area contributed by atoms with Gasteiger partial charge in [0.15, 0.2) is 5.54 Å². The van der Waals surface area contributed by atoms with Crippen molar-refractivity contribution in [3.05, 3.63) is 24.0 Å². The van der Waals surface area contributed by atoms with Crippen LogP contribution in [0.15, 0.2) is 18.2 Å². The summed E-state index contributed by atoms with van der Waals surface area (Å²) in [6, 6.07) is 5.74. The molecule has 1 unspecified atom stereocenters. The van der Waals surface area contributed by atoms with Gasteiger partial charge in [-0.25, -0.2) is 9.78 Å². The molecule has 3 N–H and O–H groups in total. The Morgan fingerprint density at radius 2 is 2.00 bits per heavy atom. The molecule has 1 heterocycles. The van der Waals surface area contributed by atoms with Gasteiger partial charge in [0.2, 0.25) is 0 Å². The van der Waals surface area contributed by atoms with Gasteiger partial charge >= 0.3 is 5.97 Å². The maximum Gasteiger partial charge on any atom is 0.331 e. The van der Waals surface area contributed by atoms with Crippen LogP contribution in [-0.2, 0) is 17.4 Å². The molecular weight excluding hydrogens is 339 g/mol. The highest BCUT2D eigenvalue weighted by Crippen LogP contribution is 2.26. The number of alkyl halides is 2. The van der Waals surface area contributed by atoms with Gasteiger partial charge in [-0.1, -0.05) is 0 Å². The van der Waals surface area contributed by atoms with E-state index >= 15 is 0 Å². The molecule has 8 heteroatoms. The summed E-state index contributed by atoms with van der Waals surface area (Å²) in [5, 5.41) is 9.31. The van der Waals surface area contributed by atoms with Crippen molar-refractivity contribution in [2.45, 2.75) is 12.5 Å². The Labute approximate surface area is 144 Å². The number of aromatic nitrogens is 2. The zero-order valence-electron chi connectivity index (χ0n) is 13.1. The lowest BCUT2D eigenvalue weighted by Gasteiger charge is -2.22. The van der Waals surface area contributed by atoms with Crippen molar-refractivity contribution >= 4 is 45.9 Å². The van der Waals surface area contributed by atoms with Gasteiger partial charge in [-0.3, -0.25) is 0 Å². The molecule has 2 aromatic rings. The molecule has 1 aromatic heterocycles. The minimum absolute atomic E-state index is 0.304. The van der Waals surface area contributed by atoms with Crippen LogP contribution in [0.2, 0.25) is 0 Å². The van der Waals surface area contributed by atoms with Crippen LogP contribution in [0.4, 0.5) is 5.69 Å². The standard InChI is InChI=1S/C15H20Cl2N4O2/c1-15(18,14(22)23)13-19-11-9-10(3-4-12(11)20(13)2)21(7-5-16)8-6-17/h3-4,9H,5-8,18H2,1-2H3,(H,22,23). The Bertz CT molecular complexity index is 709. The van der Waals surface area contributed by atoms with Crippen LogP contribution in [0.3, 0.4) is 0 Å². The average Bonchev–Trinajstić information content (AvgIpc) is 2.84. The predicted octanol–water partition coefficient (Wildman–Crippen LogP) is 2.12. The summed E-state index contributed by atoms with van der Waals surface area (Å²) in [5.41, 5.74) is 6.80. The van der Waals surface area contributed by atoms with E-state index in [2.05, 4.69) is 9.88 Å². The normalized spacial score (nSPS) is 14.0. The molecule has 126 valence electrons. The first-order valence-corrected chi connectivity index (χ1v) is 8.26. The first-order valence-electron chi connectivity index (χ1n) is 7.19. The molecule has 0 bridgehead atoms. The lowest BCUT2D eigenvalue weighted by molar-refractivity contribution is -0.143. The molecular formula is C15H20Cl2N4O2. The number of hydrogen-bond donors (Lipinski definition) is 2. The Balaban J connectivity index is 2.50. The number of nitrogens with two attached hydrogens (primary N) is 1. The van der Waals surface area contributed by atoms with E-state index in [9.17, 15) is 9.90 Å². The smallest absolute Gasteiger partial charge is 0.331 e. The number of aliphatic carboxylic acids is 1. The van der Waals surface area contributed by atoms with Crippen molar-refractivity contribution in [1.82, 2.24) is 9.55 Å². The van der Waals surface area contributed by atoms with Crippen molar-refractivity contribution in [2.75, 3.05) is 29.7 Å². The average molecular weight is 359 g/mol. The molecule has 0 aliphatic heterocycles. The van der Waals surface area contributed by atoms with E-state index in [4.69, 9.17) is 28.9 Å². The first kappa shape index (κ1) is 17.8. The summed E-state index contributed by atoms with van der Waals surface area (Å²) >= 11 is 11.7. The molecule has 0 aliphatic rings. The fourth-order valence-electron chi connectivity index (χ4n) is 2.52. The number of carbonyl (C=O) groups is 1. The van der Waals surface area contributed by atoms with Crippen molar-refractivity contribution < 1.29 is 9.90 Å². The Kier molecular flexibility index (Phi) is 5.39. The maximum atomic E-state index is 11.4. The number of aryl methyl sites for hydroxylation is 1. The molecule has 2 rings (SSSR count). The quantitative estimate of drug-likeness (QED) is 0.740. The number of benzene rings is 1. The highest BCUT2D eigenvalue weighted by atomic mass is 35.5. The molecule has 0 radical (unpaired) electrons. The monoisotopic (exact) mass is 358 g/mol. The number of carboxylic acids is 1. The topological polar surface area (TPSA) is 84.4 Å². The van der Waals surface area contributed by atoms with Crippen LogP contribution in [0, 0.1) is 0 Å². The molecule has 0 saturated carbocycles. The third-order valence-corrected chi connectivity index (χ3v) is 4.19. The predicted molar refractivity (Wildman–Crippen MR) is 93.5 cm³/mol. The van der Waals surface area contributed by atoms with E-state index in [1.165, 1.54) is 6.92 Å². The zero-order valence-corrected chi connectivity index (χ0v) is 14.6. The van der Waals surface area contributed by atoms with Gasteiger partial charge in [0, 0.05) is 37.6 Å². The molecule has 1 aromatic carbocycles. The van der Waals surface area contributed by atoms with Gasteiger partial charge in [-0.2, -0.15) is 0 Å². The van der Waals surface area contributed by atoms with E-state index < -0.39 is 11.5 Å². The van der Waals surface area contributed by atoms with E-state index in [1.807, 2.05) is 18.2 Å². The Morgan fingerprint density at radius 3 is 2.52 bits per heavy atom. The highest BCUT2D eigenvalue weighted by molar-refractivity contribution is 6.18. The number of nitrogens with zero attached hydrogens (tertiary/aromatic N) is 3. The summed E-state index contributed by atoms with van der Waals surface area (Å²) in [6.45, 7) is 2.77. The Morgan fingerprint density at radius 1 is 1.39 bits per heavy atom. The van der Waals surface area contributed by atoms with Crippen LogP contribution in [0.5, 0.6) is 0 Å². The van der Waals surface area contributed by atoms with Gasteiger partial charge in [-0.15, -0.1) is 23.2 Å². The van der Waals surface area contributed by atoms with E-state index in [-0.39, 0.29) is 0 Å². The van der Waals surface area contributed by atoms with Crippen molar-refractivity contribution in [3.8, 4) is 0 Å². The highest BCUT2D eigenvalue weighted by Gasteiger charge is 2.35. The minimum Gasteiger partial charge on any atom is -0.480 e. The fraction of sp³-hybridized carbons (Fsp3) is 0.467. The number of carboxylic acid groups (broad SMARTS) is 1. The van der Waals surface area contributed by atoms with E-state index in [0.29, 0.717) is 36.2 Å². The fourth-order valence-corrected chi connectivity index (χ4v) is 2.93. The number of fused-ring (bicyclic) bond motifs is 1. The maximum absolute atomic E-state index is 11.4. The summed E-state index contributed by atoms with van der Waals surface area (Å²) in [6.07, 6.45) is 0. The molecule has 0 amide bonds. The number of imidazole rings is 1. The Hall–Kier alpha value is -1.50. The van der Waals surface area contributed by atoms with Crippen molar-refractivity contribution in [1.29, 1.82) is 0 Å². The second-order valence-electron chi connectivity index (χ2n) is 5.54. The molecule has 1 atom stereocenters. The molecule has 0 aliphatic carbocycles. The number of rotatable bonds is 7. The van der Waals surface area contributed by atoms with Crippen molar-refractivity contribution in [2.24, 2.45) is 12.8 Å². The molecule has 0 saturated heterocycles. The third-order valence-electron chi connectivity index (χ3n) is 3.85. The second kappa shape index (κ2) is 6.95. The van der Waals surface area contributed by atoms with Gasteiger partial charge < -0.3 is 20.3 Å². The van der Waals surface area contributed by atoms with Gasteiger partial charge in [0.25, 0.3) is 0 Å². The van der Waals surface area contributed by atoms with Gasteiger partial charge in [0.05, 0.1) is 11.0 Å². The summed E-state index contributed by atoms with van der Waals surface area (Å²) in [4.78, 5) is 17.9. The molecule has 0 fully saturated rings. The first-order chi connectivity index (χ1) is 10.8. The number of halogens is 2. The number of hydrogen-bond acceptors (Lipinski definition) is 4. The minimum atomic E-state index is -1.56. The van der Waals surface area contributed by atoms with Crippen LogP contribution >= 0.6 is 23.2 Å². The summed E-state index contributed by atoms with van der Waals surface area (Å²) < 4.78 is 1.71. The largest absolute Gasteiger partial charge is 0.480 e. The molecule has 6 nitrogen and oxygen atoms in total. The van der Waals surface area contributed by atoms with E-state index in [1.54, 1.807) is 11.6 Å². The van der Waals surface area contributed by atoms with Crippen LogP contribution in [-0.4, -0.2) is 45.5 Å². The third kappa shape index (κ3) is 3.39. The van der Waals surface area contributed by atoms with Crippen LogP contribution in [0.1, 0.15) is 12.7 Å². The molecule has 23 heavy (non-hydrogen) atoms. The summed E-state index contributed by atoms with van der Waals surface area (Å²) in [7, 11) is 1.76. The van der Waals surface area contributed by atoms with Crippen LogP contribution in [0.25, 0.3) is 11.0 Å². The van der Waals surface area contributed by atoms with Gasteiger partial charge in [0.1, 0.15) is 5.82 Å². The second-order valence-corrected chi connectivity index (χ2v) is 6.30. The zero-order chi connectivity index (χ0) is 17.2. The molecule has 0 spiro atoms. The van der Waals surface area contributed by atoms with Crippen LogP contribution < -0.4 is 10.6 Å². The van der Waals surface area contributed by atoms with Gasteiger partial charge in [-0.05, 0) is 25.1 Å². The SMILES string of the molecule is Cn1c(C(C)(N)C(=O)O)nc2cc(N(CCCl)CCCl)ccc21. The lowest BCUT2D eigenvalue weighted by Crippen LogP contribution is -2.43. The number of anilines is 1. The summed E-state index contributed by atoms with van der Waals surface area (Å²) in [5.74, 6) is 0.158. The van der Waals surface area contributed by atoms with Crippen molar-refractivity contribution in [3.63, 3.8) is 0 Å². The van der Waals surface area contributed by atoms with E-state index in [0.717, 1.165) is 11.2 Å². The lowest BCUT2D eigenvalue weighted by atomic mass is 10.0.